The number of amides is 1. The van der Waals surface area contributed by atoms with E-state index in [1.807, 2.05) is 23.2 Å². The summed E-state index contributed by atoms with van der Waals surface area (Å²) in [6.07, 6.45) is 3.51. The first-order valence-corrected chi connectivity index (χ1v) is 8.30. The fourth-order valence-electron chi connectivity index (χ4n) is 2.50. The molecule has 2 aromatic rings. The molecular formula is C14H16BrN3OS. The van der Waals surface area contributed by atoms with Gasteiger partial charge in [0.25, 0.3) is 5.91 Å². The number of hydrogen-bond acceptors (Lipinski definition) is 4. The van der Waals surface area contributed by atoms with Crippen molar-refractivity contribution < 1.29 is 4.79 Å². The first-order chi connectivity index (χ1) is 9.66. The number of rotatable bonds is 2. The van der Waals surface area contributed by atoms with Crippen molar-refractivity contribution in [3.63, 3.8) is 0 Å². The van der Waals surface area contributed by atoms with Crippen molar-refractivity contribution in [1.29, 1.82) is 0 Å². The number of nitrogens with two attached hydrogens (primary N) is 1. The summed E-state index contributed by atoms with van der Waals surface area (Å²) in [5.41, 5.74) is 9.67. The number of hydrazine groups is 1. The molecule has 1 aromatic heterocycles. The van der Waals surface area contributed by atoms with Crippen LogP contribution < -0.4 is 11.2 Å². The minimum absolute atomic E-state index is 0.0995. The van der Waals surface area contributed by atoms with Crippen LogP contribution in [0, 0.1) is 0 Å². The summed E-state index contributed by atoms with van der Waals surface area (Å²) in [5, 5.41) is 2.92. The summed E-state index contributed by atoms with van der Waals surface area (Å²) in [7, 11) is 0. The van der Waals surface area contributed by atoms with Gasteiger partial charge in [-0.3, -0.25) is 10.2 Å². The Kier molecular flexibility index (Phi) is 3.96. The van der Waals surface area contributed by atoms with Crippen molar-refractivity contribution >= 4 is 48.9 Å². The zero-order valence-corrected chi connectivity index (χ0v) is 13.4. The van der Waals surface area contributed by atoms with Gasteiger partial charge in [0.2, 0.25) is 0 Å². The lowest BCUT2D eigenvalue weighted by molar-refractivity contribution is 0.0755. The van der Waals surface area contributed by atoms with Gasteiger partial charge in [-0.2, -0.15) is 0 Å². The third-order valence-corrected chi connectivity index (χ3v) is 5.35. The van der Waals surface area contributed by atoms with E-state index in [4.69, 9.17) is 5.73 Å². The monoisotopic (exact) mass is 353 g/mol. The number of nitrogens with zero attached hydrogens (tertiary/aromatic N) is 1. The standard InChI is InChI=1S/C14H16BrN3OS/c15-9-5-4-6-10-11(9)12(16)13(20-10)14(19)17-18-7-2-1-3-8-18/h4-6H,1-3,7-8,16H2,(H,17,19). The molecule has 2 heterocycles. The molecule has 1 saturated heterocycles. The van der Waals surface area contributed by atoms with E-state index in [2.05, 4.69) is 21.4 Å². The fraction of sp³-hybridized carbons (Fsp3) is 0.357. The highest BCUT2D eigenvalue weighted by Gasteiger charge is 2.20. The van der Waals surface area contributed by atoms with Crippen LogP contribution in [0.5, 0.6) is 0 Å². The van der Waals surface area contributed by atoms with E-state index in [9.17, 15) is 4.79 Å². The predicted octanol–water partition coefficient (Wildman–Crippen LogP) is 3.38. The maximum Gasteiger partial charge on any atom is 0.277 e. The maximum atomic E-state index is 12.4. The quantitative estimate of drug-likeness (QED) is 0.869. The molecule has 0 unspecified atom stereocenters. The van der Waals surface area contributed by atoms with Crippen molar-refractivity contribution in [2.24, 2.45) is 0 Å². The van der Waals surface area contributed by atoms with Gasteiger partial charge in [-0.05, 0) is 25.0 Å². The Morgan fingerprint density at radius 3 is 2.75 bits per heavy atom. The molecule has 6 heteroatoms. The van der Waals surface area contributed by atoms with Crippen LogP contribution in [-0.4, -0.2) is 24.0 Å². The number of carbonyl (C=O) groups excluding carboxylic acids is 1. The smallest absolute Gasteiger partial charge is 0.277 e. The number of thiophene rings is 1. The summed E-state index contributed by atoms with van der Waals surface area (Å²) < 4.78 is 1.96. The molecule has 0 saturated carbocycles. The first kappa shape index (κ1) is 13.9. The number of benzene rings is 1. The number of hydrogen-bond donors (Lipinski definition) is 2. The topological polar surface area (TPSA) is 58.4 Å². The Morgan fingerprint density at radius 2 is 2.05 bits per heavy atom. The lowest BCUT2D eigenvalue weighted by Crippen LogP contribution is -2.44. The number of anilines is 1. The molecule has 1 aliphatic heterocycles. The van der Waals surface area contributed by atoms with E-state index < -0.39 is 0 Å². The van der Waals surface area contributed by atoms with Crippen LogP contribution in [0.3, 0.4) is 0 Å². The highest BCUT2D eigenvalue weighted by molar-refractivity contribution is 9.10. The lowest BCUT2D eigenvalue weighted by atomic mass is 10.2. The van der Waals surface area contributed by atoms with Crippen molar-refractivity contribution in [2.45, 2.75) is 19.3 Å². The highest BCUT2D eigenvalue weighted by atomic mass is 79.9. The highest BCUT2D eigenvalue weighted by Crippen LogP contribution is 2.38. The molecule has 1 aromatic carbocycles. The maximum absolute atomic E-state index is 12.4. The van der Waals surface area contributed by atoms with Gasteiger partial charge in [-0.1, -0.05) is 28.4 Å². The van der Waals surface area contributed by atoms with Crippen LogP contribution in [0.25, 0.3) is 10.1 Å². The van der Waals surface area contributed by atoms with Crippen LogP contribution in [0.1, 0.15) is 28.9 Å². The average Bonchev–Trinajstić information content (AvgIpc) is 2.79. The van der Waals surface area contributed by atoms with Gasteiger partial charge in [0.15, 0.2) is 0 Å². The van der Waals surface area contributed by atoms with Gasteiger partial charge < -0.3 is 5.73 Å². The Bertz CT molecular complexity index is 649. The van der Waals surface area contributed by atoms with Gasteiger partial charge in [0, 0.05) is 27.6 Å². The summed E-state index contributed by atoms with van der Waals surface area (Å²) in [6, 6.07) is 5.88. The first-order valence-electron chi connectivity index (χ1n) is 6.69. The molecule has 1 amide bonds. The Hall–Kier alpha value is -1.11. The molecule has 3 rings (SSSR count). The van der Waals surface area contributed by atoms with Crippen LogP contribution in [0.2, 0.25) is 0 Å². The normalized spacial score (nSPS) is 16.4. The van der Waals surface area contributed by atoms with Crippen LogP contribution in [0.15, 0.2) is 22.7 Å². The molecule has 0 radical (unpaired) electrons. The van der Waals surface area contributed by atoms with Crippen molar-refractivity contribution in [1.82, 2.24) is 10.4 Å². The van der Waals surface area contributed by atoms with E-state index in [1.54, 1.807) is 0 Å². The minimum atomic E-state index is -0.0995. The molecule has 1 fully saturated rings. The fourth-order valence-corrected chi connectivity index (χ4v) is 4.25. The summed E-state index contributed by atoms with van der Waals surface area (Å²) in [6.45, 7) is 1.83. The molecule has 106 valence electrons. The van der Waals surface area contributed by atoms with Crippen LogP contribution >= 0.6 is 27.3 Å². The second kappa shape index (κ2) is 5.71. The second-order valence-corrected chi connectivity index (χ2v) is 6.85. The van der Waals surface area contributed by atoms with Gasteiger partial charge >= 0.3 is 0 Å². The third-order valence-electron chi connectivity index (χ3n) is 3.52. The molecule has 20 heavy (non-hydrogen) atoms. The van der Waals surface area contributed by atoms with E-state index in [1.165, 1.54) is 17.8 Å². The number of carbonyl (C=O) groups is 1. The van der Waals surface area contributed by atoms with Crippen molar-refractivity contribution in [3.05, 3.63) is 27.5 Å². The molecule has 1 aliphatic rings. The van der Waals surface area contributed by atoms with E-state index >= 15 is 0 Å². The van der Waals surface area contributed by atoms with Crippen molar-refractivity contribution in [2.75, 3.05) is 18.8 Å². The number of nitrogen functional groups attached to an aromatic ring is 1. The molecule has 3 N–H and O–H groups in total. The molecule has 0 atom stereocenters. The van der Waals surface area contributed by atoms with Crippen LogP contribution in [0.4, 0.5) is 5.69 Å². The molecule has 0 spiro atoms. The number of piperidine rings is 1. The zero-order valence-electron chi connectivity index (χ0n) is 11.0. The Morgan fingerprint density at radius 1 is 1.30 bits per heavy atom. The molecule has 4 nitrogen and oxygen atoms in total. The van der Waals surface area contributed by atoms with Gasteiger partial charge in [0.1, 0.15) is 4.88 Å². The Balaban J connectivity index is 1.87. The molecular weight excluding hydrogens is 338 g/mol. The van der Waals surface area contributed by atoms with Gasteiger partial charge in [-0.25, -0.2) is 5.01 Å². The van der Waals surface area contributed by atoms with Crippen molar-refractivity contribution in [3.8, 4) is 0 Å². The second-order valence-electron chi connectivity index (χ2n) is 4.95. The van der Waals surface area contributed by atoms with Gasteiger partial charge in [0.05, 0.1) is 5.69 Å². The summed E-state index contributed by atoms with van der Waals surface area (Å²) >= 11 is 4.93. The third kappa shape index (κ3) is 2.55. The summed E-state index contributed by atoms with van der Waals surface area (Å²) in [4.78, 5) is 13.0. The lowest BCUT2D eigenvalue weighted by Gasteiger charge is -2.26. The van der Waals surface area contributed by atoms with Crippen LogP contribution in [-0.2, 0) is 0 Å². The molecule has 0 bridgehead atoms. The molecule has 0 aliphatic carbocycles. The largest absolute Gasteiger partial charge is 0.397 e. The number of fused-ring (bicyclic) bond motifs is 1. The summed E-state index contributed by atoms with van der Waals surface area (Å²) in [5.74, 6) is -0.0995. The number of nitrogens with one attached hydrogen (secondary N) is 1. The van der Waals surface area contributed by atoms with E-state index in [-0.39, 0.29) is 5.91 Å². The Labute approximate surface area is 130 Å². The van der Waals surface area contributed by atoms with E-state index in [0.717, 1.165) is 40.5 Å². The zero-order chi connectivity index (χ0) is 14.1. The minimum Gasteiger partial charge on any atom is -0.397 e. The number of halogens is 1. The van der Waals surface area contributed by atoms with Gasteiger partial charge in [-0.15, -0.1) is 11.3 Å². The SMILES string of the molecule is Nc1c(C(=O)NN2CCCCC2)sc2cccc(Br)c12. The predicted molar refractivity (Wildman–Crippen MR) is 86.8 cm³/mol. The average molecular weight is 354 g/mol. The van der Waals surface area contributed by atoms with E-state index in [0.29, 0.717) is 10.6 Å².